The minimum atomic E-state index is 0. The summed E-state index contributed by atoms with van der Waals surface area (Å²) in [4.78, 5) is 10.0. The van der Waals surface area contributed by atoms with Crippen molar-refractivity contribution in [1.29, 1.82) is 0 Å². The Morgan fingerprint density at radius 1 is 0.704 bits per heavy atom. The monoisotopic (exact) mass is 406 g/mol. The van der Waals surface area contributed by atoms with E-state index in [1.54, 1.807) is 0 Å². The van der Waals surface area contributed by atoms with Crippen molar-refractivity contribution in [2.75, 3.05) is 0 Å². The number of rotatable bonds is 9. The van der Waals surface area contributed by atoms with Crippen LogP contribution in [0.4, 0.5) is 11.4 Å². The van der Waals surface area contributed by atoms with Crippen LogP contribution < -0.4 is 0 Å². The molecule has 0 atom stereocenters. The van der Waals surface area contributed by atoms with Crippen LogP contribution in [0.5, 0.6) is 0 Å². The molecule has 0 radical (unpaired) electrons. The van der Waals surface area contributed by atoms with Gasteiger partial charge in [0.15, 0.2) is 0 Å². The standard InChI is InChI=1S/C24H32N2.Ni/c1-5-7-14-23(25-21-12-10-9-11-13-21)24(15-8-6-2)26-22-17-19(3)16-20(4)18-22;/h9-13,16-18H,5-8,14-15H2,1-4H3;. The van der Waals surface area contributed by atoms with Gasteiger partial charge in [-0.1, -0.05) is 51.0 Å². The van der Waals surface area contributed by atoms with Gasteiger partial charge in [-0.25, -0.2) is 0 Å². The molecule has 27 heavy (non-hydrogen) atoms. The number of benzene rings is 2. The Morgan fingerprint density at radius 3 is 1.67 bits per heavy atom. The van der Waals surface area contributed by atoms with E-state index in [0.717, 1.165) is 54.9 Å². The second-order valence-electron chi connectivity index (χ2n) is 7.01. The Labute approximate surface area is 175 Å². The number of unbranched alkanes of at least 4 members (excludes halogenated alkanes) is 2. The maximum absolute atomic E-state index is 5.05. The average Bonchev–Trinajstić information content (AvgIpc) is 2.62. The molecule has 2 aromatic carbocycles. The van der Waals surface area contributed by atoms with Crippen LogP contribution in [0.15, 0.2) is 58.5 Å². The average molecular weight is 407 g/mol. The fourth-order valence-corrected chi connectivity index (χ4v) is 3.05. The number of nitrogens with zero attached hydrogens (tertiary/aromatic N) is 2. The Morgan fingerprint density at radius 2 is 1.19 bits per heavy atom. The second kappa shape index (κ2) is 12.6. The Balaban J connectivity index is 0.00000364. The number of hydrogen-bond donors (Lipinski definition) is 0. The first-order chi connectivity index (χ1) is 12.6. The SMILES string of the molecule is CCCCC(=Nc1ccccc1)C(CCCC)=Nc1cc(C)cc(C)c1.[Ni]. The zero-order valence-corrected chi connectivity index (χ0v) is 18.1. The van der Waals surface area contributed by atoms with Gasteiger partial charge in [0.1, 0.15) is 0 Å². The van der Waals surface area contributed by atoms with E-state index in [1.165, 1.54) is 17.5 Å². The van der Waals surface area contributed by atoms with E-state index in [9.17, 15) is 0 Å². The summed E-state index contributed by atoms with van der Waals surface area (Å²) in [5.41, 5.74) is 6.87. The summed E-state index contributed by atoms with van der Waals surface area (Å²) in [5, 5.41) is 0. The van der Waals surface area contributed by atoms with Crippen LogP contribution in [0, 0.1) is 13.8 Å². The molecule has 0 saturated carbocycles. The van der Waals surface area contributed by atoms with Gasteiger partial charge >= 0.3 is 0 Å². The van der Waals surface area contributed by atoms with Gasteiger partial charge < -0.3 is 0 Å². The van der Waals surface area contributed by atoms with E-state index < -0.39 is 0 Å². The number of para-hydroxylation sites is 1. The quantitative estimate of drug-likeness (QED) is 0.303. The number of aliphatic imine (C=N–C) groups is 2. The topological polar surface area (TPSA) is 24.7 Å². The molecule has 0 bridgehead atoms. The van der Waals surface area contributed by atoms with E-state index in [1.807, 2.05) is 18.2 Å². The predicted molar refractivity (Wildman–Crippen MR) is 116 cm³/mol. The fraction of sp³-hybridized carbons (Fsp3) is 0.417. The molecule has 0 aromatic heterocycles. The van der Waals surface area contributed by atoms with Crippen molar-refractivity contribution in [2.45, 2.75) is 66.2 Å². The molecule has 2 nitrogen and oxygen atoms in total. The molecular formula is C24H32N2Ni. The van der Waals surface area contributed by atoms with Gasteiger partial charge in [-0.2, -0.15) is 0 Å². The van der Waals surface area contributed by atoms with Crippen molar-refractivity contribution in [1.82, 2.24) is 0 Å². The summed E-state index contributed by atoms with van der Waals surface area (Å²) in [5.74, 6) is 0. The third kappa shape index (κ3) is 8.22. The first-order valence-corrected chi connectivity index (χ1v) is 9.91. The molecule has 0 heterocycles. The van der Waals surface area contributed by atoms with Gasteiger partial charge in [-0.05, 0) is 74.9 Å². The molecule has 0 aliphatic rings. The number of aryl methyl sites for hydroxylation is 2. The normalized spacial score (nSPS) is 12.0. The van der Waals surface area contributed by atoms with Crippen LogP contribution in [0.3, 0.4) is 0 Å². The molecule has 2 rings (SSSR count). The van der Waals surface area contributed by atoms with Crippen LogP contribution in [0.1, 0.15) is 63.5 Å². The van der Waals surface area contributed by atoms with Crippen LogP contribution in [-0.2, 0) is 16.5 Å². The zero-order valence-electron chi connectivity index (χ0n) is 17.1. The zero-order chi connectivity index (χ0) is 18.8. The van der Waals surface area contributed by atoms with Crippen LogP contribution in [0.2, 0.25) is 0 Å². The minimum Gasteiger partial charge on any atom is -0.252 e. The van der Waals surface area contributed by atoms with Gasteiger partial charge in [-0.3, -0.25) is 9.98 Å². The van der Waals surface area contributed by atoms with Crippen molar-refractivity contribution in [3.05, 3.63) is 59.7 Å². The van der Waals surface area contributed by atoms with Crippen molar-refractivity contribution in [2.24, 2.45) is 9.98 Å². The molecular weight excluding hydrogens is 375 g/mol. The Kier molecular flexibility index (Phi) is 10.9. The van der Waals surface area contributed by atoms with E-state index in [2.05, 4.69) is 58.0 Å². The van der Waals surface area contributed by atoms with E-state index in [0.29, 0.717) is 0 Å². The van der Waals surface area contributed by atoms with Crippen LogP contribution >= 0.6 is 0 Å². The van der Waals surface area contributed by atoms with Gasteiger partial charge in [0.05, 0.1) is 22.8 Å². The molecule has 0 amide bonds. The minimum absolute atomic E-state index is 0. The maximum Gasteiger partial charge on any atom is 0.0639 e. The molecule has 0 N–H and O–H groups in total. The summed E-state index contributed by atoms with van der Waals surface area (Å²) >= 11 is 0. The van der Waals surface area contributed by atoms with Crippen molar-refractivity contribution in [3.8, 4) is 0 Å². The van der Waals surface area contributed by atoms with E-state index >= 15 is 0 Å². The summed E-state index contributed by atoms with van der Waals surface area (Å²) in [6, 6.07) is 16.8. The summed E-state index contributed by atoms with van der Waals surface area (Å²) in [7, 11) is 0. The fourth-order valence-electron chi connectivity index (χ4n) is 3.05. The summed E-state index contributed by atoms with van der Waals surface area (Å²) in [6.07, 6.45) is 6.58. The van der Waals surface area contributed by atoms with Gasteiger partial charge in [-0.15, -0.1) is 0 Å². The Bertz CT molecular complexity index is 728. The predicted octanol–water partition coefficient (Wildman–Crippen LogP) is 7.53. The first kappa shape index (κ1) is 23.3. The molecule has 0 unspecified atom stereocenters. The largest absolute Gasteiger partial charge is 0.252 e. The smallest absolute Gasteiger partial charge is 0.0639 e. The molecule has 148 valence electrons. The summed E-state index contributed by atoms with van der Waals surface area (Å²) in [6.45, 7) is 8.73. The van der Waals surface area contributed by atoms with E-state index in [4.69, 9.17) is 9.98 Å². The molecule has 0 saturated heterocycles. The van der Waals surface area contributed by atoms with Crippen LogP contribution in [-0.4, -0.2) is 11.4 Å². The molecule has 2 aromatic rings. The van der Waals surface area contributed by atoms with Crippen LogP contribution in [0.25, 0.3) is 0 Å². The Hall–Kier alpha value is -1.73. The molecule has 0 aliphatic heterocycles. The van der Waals surface area contributed by atoms with Gasteiger partial charge in [0, 0.05) is 16.5 Å². The van der Waals surface area contributed by atoms with Gasteiger partial charge in [0.2, 0.25) is 0 Å². The number of hydrogen-bond acceptors (Lipinski definition) is 2. The van der Waals surface area contributed by atoms with Gasteiger partial charge in [0.25, 0.3) is 0 Å². The summed E-state index contributed by atoms with van der Waals surface area (Å²) < 4.78 is 0. The molecule has 0 fully saturated rings. The second-order valence-corrected chi connectivity index (χ2v) is 7.01. The van der Waals surface area contributed by atoms with E-state index in [-0.39, 0.29) is 16.5 Å². The van der Waals surface area contributed by atoms with Crippen molar-refractivity contribution >= 4 is 22.8 Å². The maximum atomic E-state index is 5.05. The van der Waals surface area contributed by atoms with Crippen molar-refractivity contribution in [3.63, 3.8) is 0 Å². The van der Waals surface area contributed by atoms with Crippen molar-refractivity contribution < 1.29 is 16.5 Å². The first-order valence-electron chi connectivity index (χ1n) is 9.91. The third-order valence-electron chi connectivity index (χ3n) is 4.36. The third-order valence-corrected chi connectivity index (χ3v) is 4.36. The molecule has 0 spiro atoms. The molecule has 0 aliphatic carbocycles. The molecule has 3 heteroatoms.